The van der Waals surface area contributed by atoms with Crippen molar-refractivity contribution in [2.24, 2.45) is 5.73 Å². The fraction of sp³-hybridized carbons (Fsp3) is 0.214. The monoisotopic (exact) mass is 356 g/mol. The summed E-state index contributed by atoms with van der Waals surface area (Å²) in [7, 11) is 3.18. The van der Waals surface area contributed by atoms with Crippen LogP contribution in [0.1, 0.15) is 17.2 Å². The molecule has 0 radical (unpaired) electrons. The maximum atomic E-state index is 6.30. The molecule has 4 nitrogen and oxygen atoms in total. The molecule has 1 unspecified atom stereocenters. The Labute approximate surface area is 131 Å². The molecule has 0 fully saturated rings. The van der Waals surface area contributed by atoms with Crippen LogP contribution in [-0.4, -0.2) is 19.2 Å². The summed E-state index contributed by atoms with van der Waals surface area (Å²) in [4.78, 5) is 3.96. The highest BCUT2D eigenvalue weighted by molar-refractivity contribution is 9.10. The first kappa shape index (κ1) is 15.1. The molecule has 2 N–H and O–H groups in total. The van der Waals surface area contributed by atoms with Crippen LogP contribution in [0.5, 0.6) is 11.5 Å². The molecule has 0 aliphatic heterocycles. The lowest BCUT2D eigenvalue weighted by Crippen LogP contribution is -2.14. The number of nitrogens with zero attached hydrogens (tertiary/aromatic N) is 1. The molecular formula is C14H14BrClN2O2. The molecule has 0 saturated carbocycles. The maximum Gasteiger partial charge on any atom is 0.141 e. The summed E-state index contributed by atoms with van der Waals surface area (Å²) in [5.74, 6) is 1.31. The average Bonchev–Trinajstić information content (AvgIpc) is 2.46. The topological polar surface area (TPSA) is 57.4 Å². The third-order valence-electron chi connectivity index (χ3n) is 2.99. The van der Waals surface area contributed by atoms with Gasteiger partial charge in [0.2, 0.25) is 0 Å². The minimum Gasteiger partial charge on any atom is -0.495 e. The maximum absolute atomic E-state index is 6.30. The van der Waals surface area contributed by atoms with Gasteiger partial charge in [-0.05, 0) is 39.7 Å². The fourth-order valence-electron chi connectivity index (χ4n) is 1.97. The number of rotatable bonds is 4. The van der Waals surface area contributed by atoms with E-state index < -0.39 is 6.04 Å². The Kier molecular flexibility index (Phi) is 4.86. The standard InChI is InChI=1S/C14H14BrClN2O2/c1-19-11-4-3-9(14(20-2)12(11)15)13(17)8-5-6-18-7-10(8)16/h3-7,13H,17H2,1-2H3. The zero-order chi connectivity index (χ0) is 14.7. The fourth-order valence-corrected chi connectivity index (χ4v) is 2.89. The molecule has 1 aromatic heterocycles. The van der Waals surface area contributed by atoms with Crippen molar-refractivity contribution < 1.29 is 9.47 Å². The molecule has 2 rings (SSSR count). The van der Waals surface area contributed by atoms with E-state index >= 15 is 0 Å². The molecule has 0 bridgehead atoms. The normalized spacial score (nSPS) is 12.1. The molecule has 1 heterocycles. The number of hydrogen-bond donors (Lipinski definition) is 1. The predicted molar refractivity (Wildman–Crippen MR) is 82.5 cm³/mol. The molecule has 0 saturated heterocycles. The van der Waals surface area contributed by atoms with E-state index in [1.165, 1.54) is 0 Å². The summed E-state index contributed by atoms with van der Waals surface area (Å²) in [6.07, 6.45) is 3.23. The van der Waals surface area contributed by atoms with Gasteiger partial charge in [0.25, 0.3) is 0 Å². The number of halogens is 2. The lowest BCUT2D eigenvalue weighted by Gasteiger charge is -2.19. The van der Waals surface area contributed by atoms with Crippen molar-refractivity contribution in [2.45, 2.75) is 6.04 Å². The van der Waals surface area contributed by atoms with Gasteiger partial charge < -0.3 is 15.2 Å². The molecule has 2 aromatic rings. The van der Waals surface area contributed by atoms with Gasteiger partial charge in [-0.3, -0.25) is 4.98 Å². The lowest BCUT2D eigenvalue weighted by molar-refractivity contribution is 0.385. The summed E-state index contributed by atoms with van der Waals surface area (Å²) in [6.45, 7) is 0. The number of nitrogens with two attached hydrogens (primary N) is 1. The van der Waals surface area contributed by atoms with Crippen LogP contribution in [0, 0.1) is 0 Å². The van der Waals surface area contributed by atoms with Crippen LogP contribution in [-0.2, 0) is 0 Å². The van der Waals surface area contributed by atoms with Crippen LogP contribution in [0.25, 0.3) is 0 Å². The molecule has 0 amide bonds. The van der Waals surface area contributed by atoms with Gasteiger partial charge in [0.05, 0.1) is 25.3 Å². The van der Waals surface area contributed by atoms with E-state index in [1.54, 1.807) is 32.7 Å². The first-order chi connectivity index (χ1) is 9.60. The lowest BCUT2D eigenvalue weighted by atomic mass is 9.99. The van der Waals surface area contributed by atoms with Gasteiger partial charge in [0, 0.05) is 18.0 Å². The summed E-state index contributed by atoms with van der Waals surface area (Å²) in [5.41, 5.74) is 7.90. The zero-order valence-corrected chi connectivity index (χ0v) is 13.4. The highest BCUT2D eigenvalue weighted by atomic mass is 79.9. The second-order valence-corrected chi connectivity index (χ2v) is 5.28. The molecule has 20 heavy (non-hydrogen) atoms. The van der Waals surface area contributed by atoms with E-state index in [9.17, 15) is 0 Å². The minimum absolute atomic E-state index is 0.414. The number of methoxy groups -OCH3 is 2. The van der Waals surface area contributed by atoms with Crippen molar-refractivity contribution in [1.29, 1.82) is 0 Å². The van der Waals surface area contributed by atoms with Crippen LogP contribution in [0.3, 0.4) is 0 Å². The molecule has 1 aromatic carbocycles. The molecule has 0 aliphatic carbocycles. The Balaban J connectivity index is 2.53. The summed E-state index contributed by atoms with van der Waals surface area (Å²) < 4.78 is 11.4. The number of ether oxygens (including phenoxy) is 2. The van der Waals surface area contributed by atoms with Crippen molar-refractivity contribution in [1.82, 2.24) is 4.98 Å². The minimum atomic E-state index is -0.414. The van der Waals surface area contributed by atoms with Crippen LogP contribution >= 0.6 is 27.5 Å². The molecule has 1 atom stereocenters. The number of aromatic nitrogens is 1. The van der Waals surface area contributed by atoms with E-state index in [4.69, 9.17) is 26.8 Å². The zero-order valence-electron chi connectivity index (χ0n) is 11.1. The van der Waals surface area contributed by atoms with Crippen molar-refractivity contribution in [3.63, 3.8) is 0 Å². The second-order valence-electron chi connectivity index (χ2n) is 4.08. The largest absolute Gasteiger partial charge is 0.495 e. The Morgan fingerprint density at radius 1 is 1.20 bits per heavy atom. The Morgan fingerprint density at radius 2 is 1.95 bits per heavy atom. The van der Waals surface area contributed by atoms with E-state index in [1.807, 2.05) is 12.1 Å². The van der Waals surface area contributed by atoms with Gasteiger partial charge in [0.15, 0.2) is 0 Å². The van der Waals surface area contributed by atoms with E-state index in [0.29, 0.717) is 16.5 Å². The SMILES string of the molecule is COc1ccc(C(N)c2ccncc2Cl)c(OC)c1Br. The van der Waals surface area contributed by atoms with Crippen LogP contribution in [0.15, 0.2) is 35.1 Å². The first-order valence-electron chi connectivity index (χ1n) is 5.85. The average molecular weight is 358 g/mol. The molecule has 6 heteroatoms. The third-order valence-corrected chi connectivity index (χ3v) is 4.06. The Hall–Kier alpha value is -1.30. The Bertz CT molecular complexity index is 622. The third kappa shape index (κ3) is 2.75. The highest BCUT2D eigenvalue weighted by Gasteiger charge is 2.20. The van der Waals surface area contributed by atoms with Crippen molar-refractivity contribution in [3.8, 4) is 11.5 Å². The van der Waals surface area contributed by atoms with Crippen LogP contribution in [0.4, 0.5) is 0 Å². The molecular weight excluding hydrogens is 344 g/mol. The molecule has 0 aliphatic rings. The van der Waals surface area contributed by atoms with Crippen molar-refractivity contribution >= 4 is 27.5 Å². The number of hydrogen-bond acceptors (Lipinski definition) is 4. The smallest absolute Gasteiger partial charge is 0.141 e. The van der Waals surface area contributed by atoms with Crippen LogP contribution in [0.2, 0.25) is 5.02 Å². The van der Waals surface area contributed by atoms with E-state index in [-0.39, 0.29) is 0 Å². The quantitative estimate of drug-likeness (QED) is 0.909. The van der Waals surface area contributed by atoms with Gasteiger partial charge >= 0.3 is 0 Å². The van der Waals surface area contributed by atoms with Gasteiger partial charge in [-0.25, -0.2) is 0 Å². The second kappa shape index (κ2) is 6.43. The summed E-state index contributed by atoms with van der Waals surface area (Å²) >= 11 is 9.60. The van der Waals surface area contributed by atoms with E-state index in [0.717, 1.165) is 15.6 Å². The van der Waals surface area contributed by atoms with Crippen LogP contribution < -0.4 is 15.2 Å². The summed E-state index contributed by atoms with van der Waals surface area (Å²) in [6, 6.07) is 5.08. The first-order valence-corrected chi connectivity index (χ1v) is 7.02. The highest BCUT2D eigenvalue weighted by Crippen LogP contribution is 2.41. The summed E-state index contributed by atoms with van der Waals surface area (Å²) in [5, 5.41) is 0.522. The predicted octanol–water partition coefficient (Wildman–Crippen LogP) is 3.56. The molecule has 0 spiro atoms. The van der Waals surface area contributed by atoms with Crippen molar-refractivity contribution in [2.75, 3.05) is 14.2 Å². The van der Waals surface area contributed by atoms with Gasteiger partial charge in [-0.2, -0.15) is 0 Å². The Morgan fingerprint density at radius 3 is 2.55 bits per heavy atom. The van der Waals surface area contributed by atoms with Gasteiger partial charge in [-0.1, -0.05) is 11.6 Å². The van der Waals surface area contributed by atoms with E-state index in [2.05, 4.69) is 20.9 Å². The number of pyridine rings is 1. The van der Waals surface area contributed by atoms with Gasteiger partial charge in [-0.15, -0.1) is 0 Å². The van der Waals surface area contributed by atoms with Crippen molar-refractivity contribution in [3.05, 3.63) is 51.2 Å². The van der Waals surface area contributed by atoms with Gasteiger partial charge in [0.1, 0.15) is 16.0 Å². The molecule has 106 valence electrons. The number of benzene rings is 1.